The lowest BCUT2D eigenvalue weighted by molar-refractivity contribution is 0.0955. The van der Waals surface area contributed by atoms with Crippen LogP contribution in [0.25, 0.3) is 28.2 Å². The van der Waals surface area contributed by atoms with Gasteiger partial charge in [0.15, 0.2) is 5.76 Å². The van der Waals surface area contributed by atoms with Crippen LogP contribution in [0.5, 0.6) is 11.6 Å². The maximum atomic E-state index is 12.4. The van der Waals surface area contributed by atoms with Gasteiger partial charge in [0.25, 0.3) is 17.8 Å². The van der Waals surface area contributed by atoms with Gasteiger partial charge in [-0.1, -0.05) is 90.5 Å². The van der Waals surface area contributed by atoms with Gasteiger partial charge in [0, 0.05) is 23.2 Å². The first-order chi connectivity index (χ1) is 19.0. The Hall–Kier alpha value is -5.08. The number of hydrogen-bond acceptors (Lipinski definition) is 7. The quantitative estimate of drug-likeness (QED) is 0.133. The van der Waals surface area contributed by atoms with Gasteiger partial charge in [-0.05, 0) is 34.5 Å². The Labute approximate surface area is 228 Å². The molecule has 1 aromatic heterocycles. The molecular weight excluding hydrogens is 516 g/mol. The number of carbonyl (C=O) groups excluding carboxylic acids is 1. The van der Waals surface area contributed by atoms with Crippen LogP contribution in [0.4, 0.5) is 6.01 Å². The summed E-state index contributed by atoms with van der Waals surface area (Å²) in [7, 11) is 0. The molecule has 0 aliphatic carbocycles. The van der Waals surface area contributed by atoms with Crippen LogP contribution in [0.3, 0.4) is 0 Å². The van der Waals surface area contributed by atoms with Crippen LogP contribution < -0.4 is 10.7 Å². The number of hydrogen-bond donors (Lipinski definition) is 4. The molecule has 0 saturated heterocycles. The summed E-state index contributed by atoms with van der Waals surface area (Å²) >= 11 is 5.88. The number of aromatic hydroxyl groups is 2. The number of hydrazone groups is 1. The van der Waals surface area contributed by atoms with E-state index in [-0.39, 0.29) is 28.2 Å². The van der Waals surface area contributed by atoms with Crippen molar-refractivity contribution in [2.24, 2.45) is 5.10 Å². The van der Waals surface area contributed by atoms with Gasteiger partial charge >= 0.3 is 0 Å². The lowest BCUT2D eigenvalue weighted by atomic mass is 10.00. The van der Waals surface area contributed by atoms with Crippen molar-refractivity contribution in [2.75, 3.05) is 11.9 Å². The zero-order valence-electron chi connectivity index (χ0n) is 20.5. The number of phenolic OH excluding ortho intramolecular Hbond substituents is 1. The monoisotopic (exact) mass is 538 g/mol. The number of nitrogens with one attached hydrogen (secondary N) is 2. The SMILES string of the molecule is O=C(NN=Cc1ccc(C=CCNc2nc(O)c(-c3ccccc3)o2)c2ccccc12)c1ccc(O)c(Cl)c1. The second-order valence-electron chi connectivity index (χ2n) is 8.48. The largest absolute Gasteiger partial charge is 0.506 e. The van der Waals surface area contributed by atoms with Gasteiger partial charge in [-0.15, -0.1) is 0 Å². The number of fused-ring (bicyclic) bond motifs is 1. The Balaban J connectivity index is 1.26. The molecule has 1 amide bonds. The first-order valence-electron chi connectivity index (χ1n) is 12.0. The molecule has 4 N–H and O–H groups in total. The zero-order valence-corrected chi connectivity index (χ0v) is 21.3. The Morgan fingerprint density at radius 1 is 0.949 bits per heavy atom. The topological polar surface area (TPSA) is 120 Å². The van der Waals surface area contributed by atoms with Crippen LogP contribution in [0.15, 0.2) is 101 Å². The van der Waals surface area contributed by atoms with E-state index in [0.717, 1.165) is 27.5 Å². The normalized spacial score (nSPS) is 11.4. The van der Waals surface area contributed by atoms with Crippen molar-refractivity contribution in [3.05, 3.63) is 113 Å². The molecule has 5 aromatic rings. The summed E-state index contributed by atoms with van der Waals surface area (Å²) in [5, 5.41) is 28.9. The molecule has 9 heteroatoms. The fraction of sp³-hybridized carbons (Fsp3) is 0.0333. The molecule has 0 aliphatic heterocycles. The molecule has 0 unspecified atom stereocenters. The highest BCUT2D eigenvalue weighted by molar-refractivity contribution is 6.32. The smallest absolute Gasteiger partial charge is 0.298 e. The van der Waals surface area contributed by atoms with E-state index in [9.17, 15) is 15.0 Å². The summed E-state index contributed by atoms with van der Waals surface area (Å²) in [6.07, 6.45) is 5.49. The molecule has 0 saturated carbocycles. The average molecular weight is 539 g/mol. The summed E-state index contributed by atoms with van der Waals surface area (Å²) in [5.41, 5.74) is 5.33. The predicted octanol–water partition coefficient (Wildman–Crippen LogP) is 6.45. The summed E-state index contributed by atoms with van der Waals surface area (Å²) in [5.74, 6) is -0.394. The minimum Gasteiger partial charge on any atom is -0.506 e. The van der Waals surface area contributed by atoms with Crippen molar-refractivity contribution in [1.82, 2.24) is 10.4 Å². The van der Waals surface area contributed by atoms with E-state index in [0.29, 0.717) is 12.3 Å². The molecular formula is C30H23ClN4O4. The summed E-state index contributed by atoms with van der Waals surface area (Å²) in [4.78, 5) is 16.4. The highest BCUT2D eigenvalue weighted by Crippen LogP contribution is 2.31. The maximum absolute atomic E-state index is 12.4. The summed E-state index contributed by atoms with van der Waals surface area (Å²) < 4.78 is 5.66. The van der Waals surface area contributed by atoms with Crippen LogP contribution >= 0.6 is 11.6 Å². The van der Waals surface area contributed by atoms with Gasteiger partial charge in [-0.2, -0.15) is 10.1 Å². The number of anilines is 1. The van der Waals surface area contributed by atoms with Crippen LogP contribution in [0.1, 0.15) is 21.5 Å². The molecule has 0 spiro atoms. The van der Waals surface area contributed by atoms with Crippen molar-refractivity contribution >= 4 is 46.6 Å². The van der Waals surface area contributed by atoms with E-state index in [1.54, 1.807) is 6.21 Å². The molecule has 0 aliphatic rings. The maximum Gasteiger partial charge on any atom is 0.298 e. The molecule has 0 atom stereocenters. The molecule has 194 valence electrons. The van der Waals surface area contributed by atoms with Crippen molar-refractivity contribution < 1.29 is 19.4 Å². The van der Waals surface area contributed by atoms with Crippen molar-refractivity contribution in [2.45, 2.75) is 0 Å². The molecule has 4 aromatic carbocycles. The minimum atomic E-state index is -0.445. The fourth-order valence-corrected chi connectivity index (χ4v) is 4.15. The van der Waals surface area contributed by atoms with E-state index in [2.05, 4.69) is 20.8 Å². The number of oxazole rings is 1. The molecule has 5 rings (SSSR count). The first-order valence-corrected chi connectivity index (χ1v) is 12.4. The van der Waals surface area contributed by atoms with E-state index in [1.807, 2.05) is 78.9 Å². The Morgan fingerprint density at radius 2 is 1.67 bits per heavy atom. The summed E-state index contributed by atoms with van der Waals surface area (Å²) in [6, 6.07) is 25.5. The van der Waals surface area contributed by atoms with E-state index < -0.39 is 5.91 Å². The fourth-order valence-electron chi connectivity index (χ4n) is 3.97. The van der Waals surface area contributed by atoms with Crippen LogP contribution in [0.2, 0.25) is 5.02 Å². The number of rotatable bonds is 8. The Morgan fingerprint density at radius 3 is 2.44 bits per heavy atom. The third-order valence-electron chi connectivity index (χ3n) is 5.88. The molecule has 0 fully saturated rings. The third kappa shape index (κ3) is 5.92. The molecule has 0 radical (unpaired) electrons. The first kappa shape index (κ1) is 25.6. The third-order valence-corrected chi connectivity index (χ3v) is 6.19. The molecule has 8 nitrogen and oxygen atoms in total. The Kier molecular flexibility index (Phi) is 7.56. The minimum absolute atomic E-state index is 0.0898. The van der Waals surface area contributed by atoms with Gasteiger partial charge in [0.2, 0.25) is 0 Å². The molecule has 39 heavy (non-hydrogen) atoms. The number of carbonyl (C=O) groups is 1. The Bertz CT molecular complexity index is 1700. The van der Waals surface area contributed by atoms with Crippen LogP contribution in [0, 0.1) is 0 Å². The van der Waals surface area contributed by atoms with Gasteiger partial charge < -0.3 is 19.9 Å². The van der Waals surface area contributed by atoms with E-state index >= 15 is 0 Å². The van der Waals surface area contributed by atoms with E-state index in [4.69, 9.17) is 16.0 Å². The van der Waals surface area contributed by atoms with E-state index in [1.165, 1.54) is 18.2 Å². The highest BCUT2D eigenvalue weighted by atomic mass is 35.5. The lowest BCUT2D eigenvalue weighted by Gasteiger charge is -2.06. The number of halogens is 1. The van der Waals surface area contributed by atoms with Crippen molar-refractivity contribution in [1.29, 1.82) is 0 Å². The zero-order chi connectivity index (χ0) is 27.2. The van der Waals surface area contributed by atoms with Gasteiger partial charge in [-0.25, -0.2) is 5.43 Å². The van der Waals surface area contributed by atoms with Crippen molar-refractivity contribution in [3.63, 3.8) is 0 Å². The van der Waals surface area contributed by atoms with Crippen LogP contribution in [-0.4, -0.2) is 33.9 Å². The van der Waals surface area contributed by atoms with Gasteiger partial charge in [0.05, 0.1) is 11.2 Å². The standard InChI is InChI=1S/C30H23ClN4O4/c31-25-17-21(14-15-26(25)36)28(37)35-33-18-22-13-12-19(23-10-4-5-11-24(22)23)9-6-16-32-30-34-29(38)27(39-30)20-7-2-1-3-8-20/h1-15,17-18,36,38H,16H2,(H,32,34)(H,35,37). The van der Waals surface area contributed by atoms with Gasteiger partial charge in [0.1, 0.15) is 5.75 Å². The second kappa shape index (κ2) is 11.5. The number of aromatic nitrogens is 1. The number of benzene rings is 4. The van der Waals surface area contributed by atoms with Crippen molar-refractivity contribution in [3.8, 4) is 23.0 Å². The average Bonchev–Trinajstić information content (AvgIpc) is 3.33. The molecule has 1 heterocycles. The molecule has 0 bridgehead atoms. The predicted molar refractivity (Wildman–Crippen MR) is 153 cm³/mol. The highest BCUT2D eigenvalue weighted by Gasteiger charge is 2.13. The van der Waals surface area contributed by atoms with Crippen LogP contribution in [-0.2, 0) is 0 Å². The van der Waals surface area contributed by atoms with Gasteiger partial charge in [-0.3, -0.25) is 4.79 Å². The number of nitrogens with zero attached hydrogens (tertiary/aromatic N) is 2. The number of amides is 1. The number of phenols is 1. The second-order valence-corrected chi connectivity index (χ2v) is 8.88. The lowest BCUT2D eigenvalue weighted by Crippen LogP contribution is -2.17. The summed E-state index contributed by atoms with van der Waals surface area (Å²) in [6.45, 7) is 0.430.